The zero-order valence-corrected chi connectivity index (χ0v) is 9.40. The van der Waals surface area contributed by atoms with Crippen LogP contribution in [0.4, 0.5) is 5.69 Å². The predicted molar refractivity (Wildman–Crippen MR) is 61.6 cm³/mol. The number of rotatable bonds is 4. The molecule has 1 rings (SSSR count). The fraction of sp³-hybridized carbons (Fsp3) is 0.333. The molecule has 0 atom stereocenters. The summed E-state index contributed by atoms with van der Waals surface area (Å²) in [6.45, 7) is 2.41. The third-order valence-electron chi connectivity index (χ3n) is 2.44. The number of hydrogen-bond donors (Lipinski definition) is 1. The van der Waals surface area contributed by atoms with Crippen LogP contribution in [0.15, 0.2) is 18.2 Å². The Morgan fingerprint density at radius 3 is 2.75 bits per heavy atom. The van der Waals surface area contributed by atoms with Gasteiger partial charge in [-0.15, -0.1) is 0 Å². The maximum absolute atomic E-state index is 10.8. The number of anilines is 1. The van der Waals surface area contributed by atoms with Crippen LogP contribution in [0.3, 0.4) is 0 Å². The third-order valence-corrected chi connectivity index (χ3v) is 2.44. The number of nitriles is 1. The number of nitrogens with zero attached hydrogens (tertiary/aromatic N) is 2. The van der Waals surface area contributed by atoms with Crippen LogP contribution in [0.25, 0.3) is 0 Å². The Balaban J connectivity index is 2.89. The quantitative estimate of drug-likeness (QED) is 0.839. The Morgan fingerprint density at radius 2 is 2.25 bits per heavy atom. The summed E-state index contributed by atoms with van der Waals surface area (Å²) in [5, 5.41) is 17.4. The van der Waals surface area contributed by atoms with E-state index in [1.165, 1.54) is 0 Å². The normalized spacial score (nSPS) is 9.56. The lowest BCUT2D eigenvalue weighted by Gasteiger charge is -2.18. The average molecular weight is 218 g/mol. The zero-order valence-electron chi connectivity index (χ0n) is 9.40. The molecule has 1 aromatic carbocycles. The van der Waals surface area contributed by atoms with Crippen molar-refractivity contribution in [3.8, 4) is 6.07 Å². The Morgan fingerprint density at radius 1 is 1.56 bits per heavy atom. The van der Waals surface area contributed by atoms with Crippen LogP contribution < -0.4 is 4.90 Å². The van der Waals surface area contributed by atoms with E-state index in [1.807, 2.05) is 18.0 Å². The van der Waals surface area contributed by atoms with E-state index >= 15 is 0 Å². The van der Waals surface area contributed by atoms with E-state index in [0.29, 0.717) is 18.5 Å². The van der Waals surface area contributed by atoms with E-state index in [0.717, 1.165) is 11.3 Å². The fourth-order valence-corrected chi connectivity index (χ4v) is 1.47. The molecular weight excluding hydrogens is 204 g/mol. The van der Waals surface area contributed by atoms with Gasteiger partial charge in [0.05, 0.1) is 18.1 Å². The standard InChI is InChI=1S/C12H14N2O2/c1-9-8-10(14(2)7-3-6-13)4-5-11(9)12(15)16/h4-5,8H,3,7H2,1-2H3,(H,15,16). The maximum Gasteiger partial charge on any atom is 0.335 e. The van der Waals surface area contributed by atoms with E-state index in [1.54, 1.807) is 19.1 Å². The van der Waals surface area contributed by atoms with Crippen molar-refractivity contribution < 1.29 is 9.90 Å². The van der Waals surface area contributed by atoms with Gasteiger partial charge in [0.1, 0.15) is 0 Å². The Hall–Kier alpha value is -2.02. The molecule has 0 aliphatic carbocycles. The summed E-state index contributed by atoms with van der Waals surface area (Å²) < 4.78 is 0. The number of carbonyl (C=O) groups is 1. The molecule has 0 aliphatic rings. The van der Waals surface area contributed by atoms with Gasteiger partial charge < -0.3 is 10.0 Å². The first-order valence-corrected chi connectivity index (χ1v) is 4.98. The molecule has 0 radical (unpaired) electrons. The largest absolute Gasteiger partial charge is 0.478 e. The molecule has 0 saturated heterocycles. The Labute approximate surface area is 94.7 Å². The minimum Gasteiger partial charge on any atom is -0.478 e. The maximum atomic E-state index is 10.8. The summed E-state index contributed by atoms with van der Waals surface area (Å²) in [6.07, 6.45) is 0.455. The van der Waals surface area contributed by atoms with Crippen LogP contribution in [0.1, 0.15) is 22.3 Å². The number of benzene rings is 1. The van der Waals surface area contributed by atoms with Crippen molar-refractivity contribution in [3.63, 3.8) is 0 Å². The minimum atomic E-state index is -0.913. The molecule has 0 amide bonds. The lowest BCUT2D eigenvalue weighted by molar-refractivity contribution is 0.0696. The van der Waals surface area contributed by atoms with Crippen molar-refractivity contribution in [3.05, 3.63) is 29.3 Å². The molecule has 1 aromatic rings. The number of hydrogen-bond acceptors (Lipinski definition) is 3. The Kier molecular flexibility index (Phi) is 3.90. The average Bonchev–Trinajstić information content (AvgIpc) is 2.25. The second kappa shape index (κ2) is 5.17. The predicted octanol–water partition coefficient (Wildman–Crippen LogP) is 2.04. The molecule has 0 fully saturated rings. The highest BCUT2D eigenvalue weighted by molar-refractivity contribution is 5.89. The molecule has 84 valence electrons. The molecule has 1 N–H and O–H groups in total. The molecule has 4 nitrogen and oxygen atoms in total. The van der Waals surface area contributed by atoms with Crippen LogP contribution in [0.2, 0.25) is 0 Å². The molecule has 4 heteroatoms. The number of aromatic carboxylic acids is 1. The number of carboxylic acids is 1. The van der Waals surface area contributed by atoms with Crippen LogP contribution in [-0.4, -0.2) is 24.7 Å². The SMILES string of the molecule is Cc1cc(N(C)CCC#N)ccc1C(=O)O. The lowest BCUT2D eigenvalue weighted by atomic mass is 10.1. The lowest BCUT2D eigenvalue weighted by Crippen LogP contribution is -2.18. The summed E-state index contributed by atoms with van der Waals surface area (Å²) in [4.78, 5) is 12.8. The monoisotopic (exact) mass is 218 g/mol. The van der Waals surface area contributed by atoms with Crippen molar-refractivity contribution >= 4 is 11.7 Å². The second-order valence-electron chi connectivity index (χ2n) is 3.63. The molecular formula is C12H14N2O2. The van der Waals surface area contributed by atoms with Crippen molar-refractivity contribution in [1.82, 2.24) is 0 Å². The van der Waals surface area contributed by atoms with Crippen LogP contribution in [-0.2, 0) is 0 Å². The van der Waals surface area contributed by atoms with Crippen molar-refractivity contribution in [1.29, 1.82) is 5.26 Å². The van der Waals surface area contributed by atoms with Gasteiger partial charge in [-0.3, -0.25) is 0 Å². The van der Waals surface area contributed by atoms with Crippen molar-refractivity contribution in [2.24, 2.45) is 0 Å². The van der Waals surface area contributed by atoms with E-state index in [4.69, 9.17) is 10.4 Å². The van der Waals surface area contributed by atoms with Gasteiger partial charge in [-0.25, -0.2) is 4.79 Å². The molecule has 0 saturated carbocycles. The van der Waals surface area contributed by atoms with Gasteiger partial charge in [-0.05, 0) is 30.7 Å². The van der Waals surface area contributed by atoms with E-state index < -0.39 is 5.97 Å². The number of carboxylic acid groups (broad SMARTS) is 1. The van der Waals surface area contributed by atoms with Gasteiger partial charge in [0.15, 0.2) is 0 Å². The number of aryl methyl sites for hydroxylation is 1. The topological polar surface area (TPSA) is 64.3 Å². The molecule has 0 aliphatic heterocycles. The first-order valence-electron chi connectivity index (χ1n) is 4.98. The zero-order chi connectivity index (χ0) is 12.1. The highest BCUT2D eigenvalue weighted by Gasteiger charge is 2.08. The van der Waals surface area contributed by atoms with Crippen LogP contribution in [0.5, 0.6) is 0 Å². The summed E-state index contributed by atoms with van der Waals surface area (Å²) in [5.74, 6) is -0.913. The van der Waals surface area contributed by atoms with Gasteiger partial charge in [0.25, 0.3) is 0 Å². The Bertz CT molecular complexity index is 435. The third kappa shape index (κ3) is 2.74. The molecule has 0 bridgehead atoms. The first kappa shape index (κ1) is 12.1. The molecule has 0 spiro atoms. The van der Waals surface area contributed by atoms with Crippen molar-refractivity contribution in [2.45, 2.75) is 13.3 Å². The highest BCUT2D eigenvalue weighted by atomic mass is 16.4. The van der Waals surface area contributed by atoms with Crippen molar-refractivity contribution in [2.75, 3.05) is 18.5 Å². The molecule has 0 aromatic heterocycles. The molecule has 0 unspecified atom stereocenters. The van der Waals surface area contributed by atoms with Crippen LogP contribution >= 0.6 is 0 Å². The summed E-state index contributed by atoms with van der Waals surface area (Å²) in [5.41, 5.74) is 1.98. The van der Waals surface area contributed by atoms with E-state index in [9.17, 15) is 4.79 Å². The van der Waals surface area contributed by atoms with Gasteiger partial charge in [-0.2, -0.15) is 5.26 Å². The highest BCUT2D eigenvalue weighted by Crippen LogP contribution is 2.18. The van der Waals surface area contributed by atoms with E-state index in [2.05, 4.69) is 6.07 Å². The fourth-order valence-electron chi connectivity index (χ4n) is 1.47. The van der Waals surface area contributed by atoms with Gasteiger partial charge in [0.2, 0.25) is 0 Å². The first-order chi connectivity index (χ1) is 7.56. The molecule has 16 heavy (non-hydrogen) atoms. The summed E-state index contributed by atoms with van der Waals surface area (Å²) in [7, 11) is 1.88. The summed E-state index contributed by atoms with van der Waals surface area (Å²) >= 11 is 0. The van der Waals surface area contributed by atoms with E-state index in [-0.39, 0.29) is 0 Å². The van der Waals surface area contributed by atoms with Gasteiger partial charge >= 0.3 is 5.97 Å². The van der Waals surface area contributed by atoms with Gasteiger partial charge in [0, 0.05) is 19.3 Å². The minimum absolute atomic E-state index is 0.317. The van der Waals surface area contributed by atoms with Gasteiger partial charge in [-0.1, -0.05) is 0 Å². The molecule has 0 heterocycles. The second-order valence-corrected chi connectivity index (χ2v) is 3.63. The summed E-state index contributed by atoms with van der Waals surface area (Å²) in [6, 6.07) is 7.25. The smallest absolute Gasteiger partial charge is 0.335 e. The van der Waals surface area contributed by atoms with Crippen LogP contribution in [0, 0.1) is 18.3 Å².